The normalized spacial score (nSPS) is 11.9. The number of rotatable bonds is 5. The maximum Gasteiger partial charge on any atom is 0.204 e. The number of tetrazole rings is 1. The van der Waals surface area contributed by atoms with E-state index in [2.05, 4.69) is 43.0 Å². The fraction of sp³-hybridized carbons (Fsp3) is 0.0625. The molecular weight excluding hydrogens is 322 g/mol. The van der Waals surface area contributed by atoms with Crippen LogP contribution in [0.2, 0.25) is 0 Å². The van der Waals surface area contributed by atoms with Gasteiger partial charge in [-0.15, -0.1) is 15.3 Å². The van der Waals surface area contributed by atoms with Gasteiger partial charge in [-0.1, -0.05) is 66.4 Å². The van der Waals surface area contributed by atoms with E-state index in [0.29, 0.717) is 11.0 Å². The molecule has 0 radical (unpaired) electrons. The van der Waals surface area contributed by atoms with E-state index < -0.39 is 0 Å². The molecule has 0 bridgehead atoms. The number of thioether (sulfide) groups is 1. The van der Waals surface area contributed by atoms with E-state index in [-0.39, 0.29) is 0 Å². The number of nitrogens with two attached hydrogens (primary N) is 1. The summed E-state index contributed by atoms with van der Waals surface area (Å²) in [5.41, 5.74) is 8.83. The van der Waals surface area contributed by atoms with Gasteiger partial charge in [0.05, 0.1) is 6.21 Å². The average molecular weight is 337 g/mol. The zero-order valence-corrected chi connectivity index (χ0v) is 13.5. The second-order valence-electron chi connectivity index (χ2n) is 4.81. The number of aromatic amines is 1. The van der Waals surface area contributed by atoms with Gasteiger partial charge in [-0.05, 0) is 16.3 Å². The smallest absolute Gasteiger partial charge is 0.204 e. The van der Waals surface area contributed by atoms with E-state index in [4.69, 9.17) is 5.73 Å². The highest BCUT2D eigenvalue weighted by Crippen LogP contribution is 2.13. The Kier molecular flexibility index (Phi) is 5.31. The minimum Gasteiger partial charge on any atom is -0.377 e. The maximum atomic E-state index is 5.85. The van der Waals surface area contributed by atoms with Crippen molar-refractivity contribution in [2.45, 2.75) is 5.75 Å². The Morgan fingerprint density at radius 3 is 2.62 bits per heavy atom. The molecule has 24 heavy (non-hydrogen) atoms. The Labute approximate surface area is 143 Å². The minimum atomic E-state index is 0.429. The molecule has 7 nitrogen and oxygen atoms in total. The van der Waals surface area contributed by atoms with Gasteiger partial charge >= 0.3 is 0 Å². The fourth-order valence-corrected chi connectivity index (χ4v) is 2.53. The van der Waals surface area contributed by atoms with Crippen LogP contribution in [-0.4, -0.2) is 32.0 Å². The Hall–Kier alpha value is -3.00. The summed E-state index contributed by atoms with van der Waals surface area (Å²) < 4.78 is 0. The van der Waals surface area contributed by atoms with Gasteiger partial charge in [0.25, 0.3) is 0 Å². The third-order valence-corrected chi connectivity index (χ3v) is 3.96. The molecule has 3 rings (SSSR count). The first kappa shape index (κ1) is 15.9. The van der Waals surface area contributed by atoms with Crippen molar-refractivity contribution in [2.75, 3.05) is 0 Å². The van der Waals surface area contributed by atoms with Gasteiger partial charge in [0.15, 0.2) is 5.17 Å². The van der Waals surface area contributed by atoms with Crippen LogP contribution in [0, 0.1) is 0 Å². The van der Waals surface area contributed by atoms with Crippen molar-refractivity contribution in [2.24, 2.45) is 15.9 Å². The Balaban J connectivity index is 1.55. The molecular formula is C16H15N7S. The molecule has 0 aliphatic carbocycles. The lowest BCUT2D eigenvalue weighted by atomic mass is 10.1. The van der Waals surface area contributed by atoms with Crippen molar-refractivity contribution in [3.63, 3.8) is 0 Å². The van der Waals surface area contributed by atoms with Crippen LogP contribution in [0.4, 0.5) is 0 Å². The predicted molar refractivity (Wildman–Crippen MR) is 96.6 cm³/mol. The fourth-order valence-electron chi connectivity index (χ4n) is 1.92. The van der Waals surface area contributed by atoms with Crippen LogP contribution >= 0.6 is 11.8 Å². The summed E-state index contributed by atoms with van der Waals surface area (Å²) in [6.45, 7) is 0. The number of benzene rings is 2. The third kappa shape index (κ3) is 4.50. The van der Waals surface area contributed by atoms with Gasteiger partial charge in [-0.25, -0.2) is 0 Å². The lowest BCUT2D eigenvalue weighted by Gasteiger charge is -1.99. The number of H-pyrrole nitrogens is 1. The standard InChI is InChI=1S/C16H15N7S/c17-16(24-11-13-4-2-1-3-5-13)21-18-10-12-6-8-14(9-7-12)15-19-22-23-20-15/h1-10H,11H2,(H2,17,21)(H,19,20,22,23). The molecule has 0 atom stereocenters. The van der Waals surface area contributed by atoms with Gasteiger partial charge in [0.2, 0.25) is 5.82 Å². The van der Waals surface area contributed by atoms with Crippen molar-refractivity contribution in [1.82, 2.24) is 20.6 Å². The molecule has 0 unspecified atom stereocenters. The van der Waals surface area contributed by atoms with Crippen LogP contribution < -0.4 is 5.73 Å². The van der Waals surface area contributed by atoms with Crippen molar-refractivity contribution in [3.05, 3.63) is 65.7 Å². The molecule has 2 aromatic carbocycles. The lowest BCUT2D eigenvalue weighted by Crippen LogP contribution is -2.05. The maximum absolute atomic E-state index is 5.85. The molecule has 0 saturated carbocycles. The summed E-state index contributed by atoms with van der Waals surface area (Å²) in [6.07, 6.45) is 1.65. The number of nitrogens with zero attached hydrogens (tertiary/aromatic N) is 5. The SMILES string of the molecule is NC(=NN=Cc1ccc(-c2nn[nH]n2)cc1)SCc1ccccc1. The molecule has 3 N–H and O–H groups in total. The number of nitrogens with one attached hydrogen (secondary N) is 1. The first-order valence-corrected chi connectivity index (χ1v) is 8.17. The van der Waals surface area contributed by atoms with Crippen molar-refractivity contribution >= 4 is 23.1 Å². The average Bonchev–Trinajstić information content (AvgIpc) is 3.16. The Morgan fingerprint density at radius 1 is 1.12 bits per heavy atom. The van der Waals surface area contributed by atoms with E-state index in [1.807, 2.05) is 42.5 Å². The third-order valence-electron chi connectivity index (χ3n) is 3.11. The number of hydrogen-bond donors (Lipinski definition) is 2. The predicted octanol–water partition coefficient (Wildman–Crippen LogP) is 2.45. The zero-order chi connectivity index (χ0) is 16.6. The van der Waals surface area contributed by atoms with Crippen LogP contribution in [0.1, 0.15) is 11.1 Å². The van der Waals surface area contributed by atoms with Gasteiger partial charge in [0, 0.05) is 11.3 Å². The molecule has 3 aromatic rings. The van der Waals surface area contributed by atoms with Gasteiger partial charge in [-0.2, -0.15) is 10.3 Å². The van der Waals surface area contributed by atoms with Crippen LogP contribution in [0.5, 0.6) is 0 Å². The largest absolute Gasteiger partial charge is 0.377 e. The monoisotopic (exact) mass is 337 g/mol. The summed E-state index contributed by atoms with van der Waals surface area (Å²) in [4.78, 5) is 0. The van der Waals surface area contributed by atoms with E-state index in [9.17, 15) is 0 Å². The van der Waals surface area contributed by atoms with Crippen molar-refractivity contribution in [3.8, 4) is 11.4 Å². The highest BCUT2D eigenvalue weighted by molar-refractivity contribution is 8.13. The van der Waals surface area contributed by atoms with Crippen LogP contribution in [-0.2, 0) is 5.75 Å². The van der Waals surface area contributed by atoms with E-state index in [1.54, 1.807) is 6.21 Å². The summed E-state index contributed by atoms with van der Waals surface area (Å²) in [5.74, 6) is 1.32. The Morgan fingerprint density at radius 2 is 1.92 bits per heavy atom. The molecule has 1 heterocycles. The molecule has 0 aliphatic rings. The highest BCUT2D eigenvalue weighted by atomic mass is 32.2. The topological polar surface area (TPSA) is 105 Å². The molecule has 120 valence electrons. The van der Waals surface area contributed by atoms with E-state index in [1.165, 1.54) is 17.3 Å². The first-order valence-electron chi connectivity index (χ1n) is 7.18. The molecule has 0 amide bonds. The first-order chi connectivity index (χ1) is 11.8. The quantitative estimate of drug-likeness (QED) is 0.423. The Bertz CT molecular complexity index is 811. The summed E-state index contributed by atoms with van der Waals surface area (Å²) in [6, 6.07) is 17.7. The zero-order valence-electron chi connectivity index (χ0n) is 12.7. The molecule has 0 saturated heterocycles. The summed E-state index contributed by atoms with van der Waals surface area (Å²) in [5, 5.41) is 22.2. The molecule has 0 fully saturated rings. The molecule has 0 spiro atoms. The highest BCUT2D eigenvalue weighted by Gasteiger charge is 2.01. The number of amidine groups is 1. The molecule has 0 aliphatic heterocycles. The van der Waals surface area contributed by atoms with Crippen LogP contribution in [0.3, 0.4) is 0 Å². The van der Waals surface area contributed by atoms with Gasteiger partial charge in [0.1, 0.15) is 0 Å². The molecule has 1 aromatic heterocycles. The van der Waals surface area contributed by atoms with Gasteiger partial charge < -0.3 is 5.73 Å². The lowest BCUT2D eigenvalue weighted by molar-refractivity contribution is 0.881. The second kappa shape index (κ2) is 8.02. The number of hydrogen-bond acceptors (Lipinski definition) is 6. The number of aromatic nitrogens is 4. The molecule has 8 heteroatoms. The van der Waals surface area contributed by atoms with Crippen LogP contribution in [0.25, 0.3) is 11.4 Å². The summed E-state index contributed by atoms with van der Waals surface area (Å²) >= 11 is 1.45. The second-order valence-corrected chi connectivity index (χ2v) is 5.81. The summed E-state index contributed by atoms with van der Waals surface area (Å²) in [7, 11) is 0. The minimum absolute atomic E-state index is 0.429. The van der Waals surface area contributed by atoms with Gasteiger partial charge in [-0.3, -0.25) is 0 Å². The van der Waals surface area contributed by atoms with Crippen LogP contribution in [0.15, 0.2) is 64.8 Å². The van der Waals surface area contributed by atoms with E-state index >= 15 is 0 Å². The van der Waals surface area contributed by atoms with Crippen molar-refractivity contribution in [1.29, 1.82) is 0 Å². The van der Waals surface area contributed by atoms with E-state index in [0.717, 1.165) is 16.9 Å². The van der Waals surface area contributed by atoms with Crippen molar-refractivity contribution < 1.29 is 0 Å².